The molecule has 0 bridgehead atoms. The first kappa shape index (κ1) is 24.0. The van der Waals surface area contributed by atoms with E-state index in [1.165, 1.54) is 0 Å². The van der Waals surface area contributed by atoms with Gasteiger partial charge in [-0.3, -0.25) is 19.1 Å². The fourth-order valence-corrected chi connectivity index (χ4v) is 5.07. The number of carbonyl (C=O) groups excluding carboxylic acids is 1. The average molecular weight is 481 g/mol. The van der Waals surface area contributed by atoms with Crippen molar-refractivity contribution < 1.29 is 4.79 Å². The summed E-state index contributed by atoms with van der Waals surface area (Å²) in [6.07, 6.45) is 0.763. The Morgan fingerprint density at radius 3 is 2.17 bits per heavy atom. The third-order valence-corrected chi connectivity index (χ3v) is 6.93. The number of aromatic nitrogens is 1. The summed E-state index contributed by atoms with van der Waals surface area (Å²) in [5.41, 5.74) is 3.03. The van der Waals surface area contributed by atoms with E-state index in [2.05, 4.69) is 22.5 Å². The van der Waals surface area contributed by atoms with E-state index >= 15 is 0 Å². The number of hydrogen-bond donors (Lipinski definition) is 2. The molecule has 36 heavy (non-hydrogen) atoms. The molecular formula is C30H32N4O2. The summed E-state index contributed by atoms with van der Waals surface area (Å²) in [5, 5.41) is 7.91. The smallest absolute Gasteiger partial charge is 0.263 e. The van der Waals surface area contributed by atoms with Gasteiger partial charge in [-0.2, -0.15) is 0 Å². The molecule has 5 rings (SSSR count). The summed E-state index contributed by atoms with van der Waals surface area (Å²) >= 11 is 0. The quantitative estimate of drug-likeness (QED) is 0.415. The summed E-state index contributed by atoms with van der Waals surface area (Å²) in [6, 6.07) is 27.0. The van der Waals surface area contributed by atoms with Crippen LogP contribution in [0.1, 0.15) is 41.0 Å². The van der Waals surface area contributed by atoms with E-state index in [0.717, 1.165) is 49.5 Å². The topological polar surface area (TPSA) is 66.4 Å². The van der Waals surface area contributed by atoms with Crippen molar-refractivity contribution in [2.45, 2.75) is 25.9 Å². The molecular weight excluding hydrogens is 448 g/mol. The van der Waals surface area contributed by atoms with Gasteiger partial charge in [0.2, 0.25) is 0 Å². The van der Waals surface area contributed by atoms with Gasteiger partial charge in [-0.1, -0.05) is 73.7 Å². The van der Waals surface area contributed by atoms with Gasteiger partial charge < -0.3 is 10.6 Å². The molecule has 1 fully saturated rings. The van der Waals surface area contributed by atoms with Crippen molar-refractivity contribution >= 4 is 16.7 Å². The lowest BCUT2D eigenvalue weighted by Crippen LogP contribution is -2.44. The number of fused-ring (bicyclic) bond motifs is 1. The Kier molecular flexibility index (Phi) is 7.26. The van der Waals surface area contributed by atoms with Gasteiger partial charge in [0.05, 0.1) is 17.3 Å². The Bertz CT molecular complexity index is 1390. The maximum absolute atomic E-state index is 14.1. The number of rotatable bonds is 7. The van der Waals surface area contributed by atoms with Gasteiger partial charge in [0.25, 0.3) is 11.5 Å². The van der Waals surface area contributed by atoms with E-state index in [1.807, 2.05) is 84.9 Å². The number of nitrogens with zero attached hydrogens (tertiary/aromatic N) is 2. The molecule has 1 aliphatic heterocycles. The molecule has 3 aromatic carbocycles. The number of amides is 1. The van der Waals surface area contributed by atoms with Gasteiger partial charge in [-0.15, -0.1) is 0 Å². The second-order valence-corrected chi connectivity index (χ2v) is 9.21. The first-order valence-corrected chi connectivity index (χ1v) is 12.7. The highest BCUT2D eigenvalue weighted by molar-refractivity contribution is 6.08. The Hall–Kier alpha value is -3.74. The Labute approximate surface area is 211 Å². The Morgan fingerprint density at radius 1 is 0.889 bits per heavy atom. The lowest BCUT2D eigenvalue weighted by molar-refractivity contribution is 0.0934. The predicted molar refractivity (Wildman–Crippen MR) is 145 cm³/mol. The third kappa shape index (κ3) is 4.83. The molecule has 1 aromatic heterocycles. The predicted octanol–water partition coefficient (Wildman–Crippen LogP) is 4.28. The monoisotopic (exact) mass is 480 g/mol. The Morgan fingerprint density at radius 2 is 1.50 bits per heavy atom. The number of pyridine rings is 1. The number of benzene rings is 3. The molecule has 1 saturated heterocycles. The van der Waals surface area contributed by atoms with Crippen LogP contribution in [-0.4, -0.2) is 41.6 Å². The van der Waals surface area contributed by atoms with Crippen molar-refractivity contribution in [2.75, 3.05) is 26.2 Å². The molecule has 0 unspecified atom stereocenters. The van der Waals surface area contributed by atoms with Crippen LogP contribution >= 0.6 is 0 Å². The molecule has 0 aliphatic carbocycles. The summed E-state index contributed by atoms with van der Waals surface area (Å²) in [4.78, 5) is 30.3. The SMILES string of the molecule is CC[C@H](NC(=O)c1c(CN2CCNCC2)n(-c2ccccc2)c(=O)c2ccccc12)c1ccccc1. The fourth-order valence-electron chi connectivity index (χ4n) is 5.07. The molecule has 1 aliphatic rings. The number of piperazine rings is 1. The third-order valence-electron chi connectivity index (χ3n) is 6.93. The first-order valence-electron chi connectivity index (χ1n) is 12.7. The van der Waals surface area contributed by atoms with Gasteiger partial charge in [0.1, 0.15) is 0 Å². The van der Waals surface area contributed by atoms with Crippen molar-refractivity contribution in [3.8, 4) is 5.69 Å². The fraction of sp³-hybridized carbons (Fsp3) is 0.267. The van der Waals surface area contributed by atoms with E-state index in [1.54, 1.807) is 4.57 Å². The van der Waals surface area contributed by atoms with Gasteiger partial charge in [-0.05, 0) is 30.2 Å². The number of nitrogens with one attached hydrogen (secondary N) is 2. The van der Waals surface area contributed by atoms with E-state index in [-0.39, 0.29) is 17.5 Å². The molecule has 2 heterocycles. The number of para-hydroxylation sites is 1. The van der Waals surface area contributed by atoms with Crippen LogP contribution in [0.25, 0.3) is 16.5 Å². The van der Waals surface area contributed by atoms with E-state index in [0.29, 0.717) is 22.9 Å². The second kappa shape index (κ2) is 10.9. The van der Waals surface area contributed by atoms with E-state index in [4.69, 9.17) is 0 Å². The van der Waals surface area contributed by atoms with Crippen LogP contribution < -0.4 is 16.2 Å². The van der Waals surface area contributed by atoms with Crippen molar-refractivity contribution in [2.24, 2.45) is 0 Å². The van der Waals surface area contributed by atoms with Crippen LogP contribution in [0.15, 0.2) is 89.7 Å². The zero-order chi connectivity index (χ0) is 24.9. The summed E-state index contributed by atoms with van der Waals surface area (Å²) in [7, 11) is 0. The molecule has 4 aromatic rings. The van der Waals surface area contributed by atoms with Gasteiger partial charge in [0, 0.05) is 49.2 Å². The standard InChI is InChI=1S/C30H32N4O2/c1-2-26(22-11-5-3-6-12-22)32-29(35)28-24-15-9-10-16-25(24)30(36)34(23-13-7-4-8-14-23)27(28)21-33-19-17-31-18-20-33/h3-16,26,31H,2,17-21H2,1H3,(H,32,35)/t26-/m0/s1. The molecule has 1 atom stereocenters. The normalized spacial score (nSPS) is 15.0. The minimum absolute atomic E-state index is 0.103. The van der Waals surface area contributed by atoms with Crippen LogP contribution in [0.4, 0.5) is 0 Å². The summed E-state index contributed by atoms with van der Waals surface area (Å²) in [5.74, 6) is -0.156. The van der Waals surface area contributed by atoms with E-state index < -0.39 is 0 Å². The molecule has 2 N–H and O–H groups in total. The maximum atomic E-state index is 14.1. The summed E-state index contributed by atoms with van der Waals surface area (Å²) < 4.78 is 1.74. The molecule has 6 heteroatoms. The molecule has 0 spiro atoms. The Balaban J connectivity index is 1.70. The zero-order valence-corrected chi connectivity index (χ0v) is 20.6. The van der Waals surface area contributed by atoms with E-state index in [9.17, 15) is 9.59 Å². The van der Waals surface area contributed by atoms with Gasteiger partial charge in [0.15, 0.2) is 0 Å². The minimum atomic E-state index is -0.156. The largest absolute Gasteiger partial charge is 0.345 e. The number of carbonyl (C=O) groups is 1. The van der Waals surface area contributed by atoms with Crippen LogP contribution in [0, 0.1) is 0 Å². The van der Waals surface area contributed by atoms with Crippen molar-refractivity contribution in [3.63, 3.8) is 0 Å². The highest BCUT2D eigenvalue weighted by Crippen LogP contribution is 2.26. The van der Waals surface area contributed by atoms with Crippen LogP contribution in [0.2, 0.25) is 0 Å². The van der Waals surface area contributed by atoms with Crippen LogP contribution in [0.3, 0.4) is 0 Å². The van der Waals surface area contributed by atoms with Gasteiger partial charge >= 0.3 is 0 Å². The molecule has 6 nitrogen and oxygen atoms in total. The van der Waals surface area contributed by atoms with Crippen molar-refractivity contribution in [1.29, 1.82) is 0 Å². The van der Waals surface area contributed by atoms with Crippen molar-refractivity contribution in [3.05, 3.63) is 112 Å². The highest BCUT2D eigenvalue weighted by Gasteiger charge is 2.26. The highest BCUT2D eigenvalue weighted by atomic mass is 16.2. The molecule has 1 amide bonds. The zero-order valence-electron chi connectivity index (χ0n) is 20.6. The van der Waals surface area contributed by atoms with Crippen LogP contribution in [0.5, 0.6) is 0 Å². The lowest BCUT2D eigenvalue weighted by atomic mass is 9.99. The number of hydrogen-bond acceptors (Lipinski definition) is 4. The van der Waals surface area contributed by atoms with Crippen LogP contribution in [-0.2, 0) is 6.54 Å². The molecule has 0 saturated carbocycles. The maximum Gasteiger partial charge on any atom is 0.263 e. The molecule has 0 radical (unpaired) electrons. The van der Waals surface area contributed by atoms with Crippen molar-refractivity contribution in [1.82, 2.24) is 20.1 Å². The summed E-state index contributed by atoms with van der Waals surface area (Å²) in [6.45, 7) is 6.08. The first-order chi connectivity index (χ1) is 17.7. The lowest BCUT2D eigenvalue weighted by Gasteiger charge is -2.30. The second-order valence-electron chi connectivity index (χ2n) is 9.21. The van der Waals surface area contributed by atoms with Gasteiger partial charge in [-0.25, -0.2) is 0 Å². The average Bonchev–Trinajstić information content (AvgIpc) is 2.93. The molecule has 184 valence electrons. The minimum Gasteiger partial charge on any atom is -0.345 e.